The van der Waals surface area contributed by atoms with Crippen LogP contribution in [-0.4, -0.2) is 66.0 Å². The van der Waals surface area contributed by atoms with Crippen LogP contribution in [0.1, 0.15) is 37.1 Å². The molecule has 1 aromatic rings. The lowest BCUT2D eigenvalue weighted by atomic mass is 10.1. The topological polar surface area (TPSA) is 74.8 Å². The Bertz CT molecular complexity index is 599. The molecule has 0 saturated carbocycles. The van der Waals surface area contributed by atoms with Gasteiger partial charge in [0.25, 0.3) is 0 Å². The number of carbonyl (C=O) groups is 2. The van der Waals surface area contributed by atoms with Crippen LogP contribution in [0.3, 0.4) is 0 Å². The number of amides is 2. The minimum atomic E-state index is -0.0558. The molecular formula is C18H26N4O3. The summed E-state index contributed by atoms with van der Waals surface area (Å²) >= 11 is 0. The Kier molecular flexibility index (Phi) is 5.99. The molecular weight excluding hydrogens is 320 g/mol. The van der Waals surface area contributed by atoms with Gasteiger partial charge < -0.3 is 15.0 Å². The number of ether oxygens (including phenoxy) is 1. The first-order valence-electron chi connectivity index (χ1n) is 8.92. The van der Waals surface area contributed by atoms with Crippen LogP contribution in [-0.2, 0) is 20.9 Å². The van der Waals surface area contributed by atoms with Gasteiger partial charge >= 0.3 is 0 Å². The zero-order chi connectivity index (χ0) is 17.6. The van der Waals surface area contributed by atoms with Gasteiger partial charge in [0, 0.05) is 39.3 Å². The van der Waals surface area contributed by atoms with Crippen LogP contribution in [0.15, 0.2) is 18.3 Å². The van der Waals surface area contributed by atoms with Gasteiger partial charge in [-0.05, 0) is 24.5 Å². The molecule has 0 spiro atoms. The van der Waals surface area contributed by atoms with E-state index in [9.17, 15) is 9.59 Å². The summed E-state index contributed by atoms with van der Waals surface area (Å²) in [5.74, 6) is 0.119. The summed E-state index contributed by atoms with van der Waals surface area (Å²) in [5.41, 5.74) is 1.89. The molecule has 0 unspecified atom stereocenters. The first-order valence-corrected chi connectivity index (χ1v) is 8.92. The third kappa shape index (κ3) is 4.76. The second-order valence-electron chi connectivity index (χ2n) is 6.63. The van der Waals surface area contributed by atoms with Crippen molar-refractivity contribution >= 4 is 11.8 Å². The highest BCUT2D eigenvalue weighted by Gasteiger charge is 2.31. The van der Waals surface area contributed by atoms with Gasteiger partial charge in [-0.15, -0.1) is 0 Å². The van der Waals surface area contributed by atoms with E-state index in [1.54, 1.807) is 6.20 Å². The first-order chi connectivity index (χ1) is 12.1. The maximum Gasteiger partial charge on any atom is 0.237 e. The number of nitrogens with zero attached hydrogens (tertiary/aromatic N) is 3. The van der Waals surface area contributed by atoms with Crippen LogP contribution < -0.4 is 5.32 Å². The average molecular weight is 346 g/mol. The fourth-order valence-corrected chi connectivity index (χ4v) is 3.38. The molecule has 0 radical (unpaired) electrons. The van der Waals surface area contributed by atoms with Gasteiger partial charge in [-0.1, -0.05) is 6.07 Å². The van der Waals surface area contributed by atoms with Gasteiger partial charge in [-0.2, -0.15) is 0 Å². The predicted octanol–water partition coefficient (Wildman–Crippen LogP) is 0.713. The molecule has 25 heavy (non-hydrogen) atoms. The van der Waals surface area contributed by atoms with Crippen molar-refractivity contribution in [1.82, 2.24) is 20.1 Å². The Morgan fingerprint density at radius 2 is 2.08 bits per heavy atom. The number of morpholine rings is 1. The highest BCUT2D eigenvalue weighted by Crippen LogP contribution is 2.30. The molecule has 2 amide bonds. The molecule has 0 bridgehead atoms. The Morgan fingerprint density at radius 3 is 2.76 bits per heavy atom. The van der Waals surface area contributed by atoms with E-state index >= 15 is 0 Å². The Labute approximate surface area is 148 Å². The lowest BCUT2D eigenvalue weighted by Gasteiger charge is -2.30. The fourth-order valence-electron chi connectivity index (χ4n) is 3.38. The van der Waals surface area contributed by atoms with E-state index in [1.165, 1.54) is 6.92 Å². The third-order valence-electron chi connectivity index (χ3n) is 4.77. The maximum absolute atomic E-state index is 12.7. The maximum atomic E-state index is 12.7. The van der Waals surface area contributed by atoms with Crippen LogP contribution in [0, 0.1) is 0 Å². The van der Waals surface area contributed by atoms with E-state index in [-0.39, 0.29) is 17.9 Å². The van der Waals surface area contributed by atoms with Crippen molar-refractivity contribution in [3.8, 4) is 0 Å². The fraction of sp³-hybridized carbons (Fsp3) is 0.611. The number of rotatable bonds is 5. The minimum absolute atomic E-state index is 0.0558. The molecule has 3 heterocycles. The Balaban J connectivity index is 1.60. The SMILES string of the molecule is CC(=O)NCc1ccc([C@@H]2CCCN2C(=O)CN2CCOCC2)nc1. The third-order valence-corrected chi connectivity index (χ3v) is 4.77. The smallest absolute Gasteiger partial charge is 0.237 e. The van der Waals surface area contributed by atoms with Crippen LogP contribution in [0.4, 0.5) is 0 Å². The van der Waals surface area contributed by atoms with Gasteiger partial charge in [-0.3, -0.25) is 19.5 Å². The Hall–Kier alpha value is -1.99. The summed E-state index contributed by atoms with van der Waals surface area (Å²) in [7, 11) is 0. The van der Waals surface area contributed by atoms with E-state index in [0.717, 1.165) is 43.7 Å². The monoisotopic (exact) mass is 346 g/mol. The van der Waals surface area contributed by atoms with Crippen LogP contribution >= 0.6 is 0 Å². The van der Waals surface area contributed by atoms with Crippen molar-refractivity contribution < 1.29 is 14.3 Å². The van der Waals surface area contributed by atoms with Crippen molar-refractivity contribution in [2.24, 2.45) is 0 Å². The summed E-state index contributed by atoms with van der Waals surface area (Å²) in [5, 5.41) is 2.76. The van der Waals surface area contributed by atoms with Gasteiger partial charge in [0.15, 0.2) is 0 Å². The molecule has 1 N–H and O–H groups in total. The van der Waals surface area contributed by atoms with Crippen molar-refractivity contribution in [2.45, 2.75) is 32.4 Å². The summed E-state index contributed by atoms with van der Waals surface area (Å²) < 4.78 is 5.34. The number of aromatic nitrogens is 1. The molecule has 3 rings (SSSR count). The summed E-state index contributed by atoms with van der Waals surface area (Å²) in [4.78, 5) is 32.4. The van der Waals surface area contributed by atoms with E-state index in [4.69, 9.17) is 4.74 Å². The standard InChI is InChI=1S/C18H26N4O3/c1-14(23)19-11-15-4-5-16(20-12-15)17-3-2-6-22(17)18(24)13-21-7-9-25-10-8-21/h4-5,12,17H,2-3,6-11,13H2,1H3,(H,19,23)/t17-/m0/s1. The number of hydrogen-bond acceptors (Lipinski definition) is 5. The lowest BCUT2D eigenvalue weighted by Crippen LogP contribution is -2.44. The molecule has 7 nitrogen and oxygen atoms in total. The van der Waals surface area contributed by atoms with Gasteiger partial charge in [-0.25, -0.2) is 0 Å². The van der Waals surface area contributed by atoms with Gasteiger partial charge in [0.05, 0.1) is 31.5 Å². The molecule has 2 saturated heterocycles. The average Bonchev–Trinajstić information content (AvgIpc) is 3.11. The number of nitrogens with one attached hydrogen (secondary N) is 1. The van der Waals surface area contributed by atoms with E-state index in [2.05, 4.69) is 15.2 Å². The summed E-state index contributed by atoms with van der Waals surface area (Å²) in [6, 6.07) is 4.01. The highest BCUT2D eigenvalue weighted by molar-refractivity contribution is 5.79. The number of carbonyl (C=O) groups excluding carboxylic acids is 2. The molecule has 2 aliphatic heterocycles. The van der Waals surface area contributed by atoms with E-state index < -0.39 is 0 Å². The molecule has 1 atom stereocenters. The van der Waals surface area contributed by atoms with Crippen molar-refractivity contribution in [2.75, 3.05) is 39.4 Å². The molecule has 1 aromatic heterocycles. The first kappa shape index (κ1) is 17.8. The van der Waals surface area contributed by atoms with Crippen molar-refractivity contribution in [3.05, 3.63) is 29.6 Å². The predicted molar refractivity (Wildman–Crippen MR) is 92.7 cm³/mol. The lowest BCUT2D eigenvalue weighted by molar-refractivity contribution is -0.134. The molecule has 7 heteroatoms. The second kappa shape index (κ2) is 8.40. The number of hydrogen-bond donors (Lipinski definition) is 1. The second-order valence-corrected chi connectivity index (χ2v) is 6.63. The highest BCUT2D eigenvalue weighted by atomic mass is 16.5. The zero-order valence-electron chi connectivity index (χ0n) is 14.7. The minimum Gasteiger partial charge on any atom is -0.379 e. The largest absolute Gasteiger partial charge is 0.379 e. The number of likely N-dealkylation sites (tertiary alicyclic amines) is 1. The quantitative estimate of drug-likeness (QED) is 0.850. The Morgan fingerprint density at radius 1 is 1.28 bits per heavy atom. The van der Waals surface area contributed by atoms with Crippen LogP contribution in [0.2, 0.25) is 0 Å². The van der Waals surface area contributed by atoms with E-state index in [1.807, 2.05) is 17.0 Å². The normalized spacial score (nSPS) is 21.3. The molecule has 0 aromatic carbocycles. The summed E-state index contributed by atoms with van der Waals surface area (Å²) in [6.45, 7) is 6.28. The molecule has 2 fully saturated rings. The van der Waals surface area contributed by atoms with Crippen molar-refractivity contribution in [3.63, 3.8) is 0 Å². The van der Waals surface area contributed by atoms with Gasteiger partial charge in [0.1, 0.15) is 0 Å². The number of pyridine rings is 1. The van der Waals surface area contributed by atoms with Crippen LogP contribution in [0.5, 0.6) is 0 Å². The van der Waals surface area contributed by atoms with E-state index in [0.29, 0.717) is 26.3 Å². The molecule has 2 aliphatic rings. The molecule has 0 aliphatic carbocycles. The molecule has 136 valence electrons. The zero-order valence-corrected chi connectivity index (χ0v) is 14.7. The van der Waals surface area contributed by atoms with Gasteiger partial charge in [0.2, 0.25) is 11.8 Å². The van der Waals surface area contributed by atoms with Crippen molar-refractivity contribution in [1.29, 1.82) is 0 Å². The summed E-state index contributed by atoms with van der Waals surface area (Å²) in [6.07, 6.45) is 3.75. The van der Waals surface area contributed by atoms with Crippen LogP contribution in [0.25, 0.3) is 0 Å².